The van der Waals surface area contributed by atoms with Gasteiger partial charge in [0, 0.05) is 48.6 Å². The summed E-state index contributed by atoms with van der Waals surface area (Å²) in [5, 5.41) is 7.42. The molecule has 1 N–H and O–H groups in total. The Bertz CT molecular complexity index is 332. The van der Waals surface area contributed by atoms with Crippen molar-refractivity contribution >= 4 is 11.9 Å². The number of aliphatic carboxylic acids is 1. The summed E-state index contributed by atoms with van der Waals surface area (Å²) in [5.74, 6) is -0.877. The average molecular weight is 321 g/mol. The molecule has 1 fully saturated rings. The first-order chi connectivity index (χ1) is 10.3. The molecule has 4 unspecified atom stereocenters. The third-order valence-electron chi connectivity index (χ3n) is 3.31. The fourth-order valence-corrected chi connectivity index (χ4v) is 2.27. The van der Waals surface area contributed by atoms with Crippen molar-refractivity contribution in [1.82, 2.24) is 4.90 Å². The number of nitrogens with zero attached hydrogens (tertiary/aromatic N) is 1. The van der Waals surface area contributed by atoms with Crippen LogP contribution in [0.15, 0.2) is 0 Å². The van der Waals surface area contributed by atoms with E-state index in [1.807, 2.05) is 0 Å². The molecule has 0 bridgehead atoms. The highest BCUT2D eigenvalue weighted by molar-refractivity contribution is 5.73. The minimum absolute atomic E-state index is 0.0436. The van der Waals surface area contributed by atoms with Crippen molar-refractivity contribution in [1.29, 1.82) is 0 Å². The highest BCUT2D eigenvalue weighted by Gasteiger charge is 2.42. The van der Waals surface area contributed by atoms with Crippen molar-refractivity contribution in [2.24, 2.45) is 0 Å². The summed E-state index contributed by atoms with van der Waals surface area (Å²) in [5.41, 5.74) is 0. The van der Waals surface area contributed by atoms with E-state index in [-0.39, 0.29) is 24.2 Å². The van der Waals surface area contributed by atoms with E-state index < -0.39 is 12.3 Å². The van der Waals surface area contributed by atoms with Crippen LogP contribution in [0.25, 0.3) is 0 Å². The fourth-order valence-electron chi connectivity index (χ4n) is 2.27. The summed E-state index contributed by atoms with van der Waals surface area (Å²) in [6.45, 7) is 3.08. The maximum absolute atomic E-state index is 11.5. The van der Waals surface area contributed by atoms with Crippen LogP contribution in [0.2, 0.25) is 0 Å². The maximum Gasteiger partial charge on any atom is 0.300 e. The molecule has 0 radical (unpaired) electrons. The van der Waals surface area contributed by atoms with Crippen LogP contribution >= 0.6 is 0 Å². The Kier molecular flexibility index (Phi) is 9.91. The number of ether oxygens (including phenoxy) is 4. The van der Waals surface area contributed by atoms with E-state index in [9.17, 15) is 4.79 Å². The van der Waals surface area contributed by atoms with Crippen molar-refractivity contribution < 1.29 is 33.6 Å². The molecule has 0 saturated carbocycles. The minimum Gasteiger partial charge on any atom is -0.481 e. The minimum atomic E-state index is -0.833. The van der Waals surface area contributed by atoms with Gasteiger partial charge in [-0.15, -0.1) is 0 Å². The van der Waals surface area contributed by atoms with Gasteiger partial charge in [0.05, 0.1) is 18.8 Å². The van der Waals surface area contributed by atoms with Gasteiger partial charge in [0.25, 0.3) is 5.97 Å². The molecule has 0 aromatic carbocycles. The van der Waals surface area contributed by atoms with E-state index in [4.69, 9.17) is 28.8 Å². The lowest BCUT2D eigenvalue weighted by Crippen LogP contribution is -2.58. The lowest BCUT2D eigenvalue weighted by Gasteiger charge is -2.44. The monoisotopic (exact) mass is 321 g/mol. The van der Waals surface area contributed by atoms with Crippen LogP contribution < -0.4 is 0 Å². The van der Waals surface area contributed by atoms with Gasteiger partial charge in [-0.3, -0.25) is 9.59 Å². The molecule has 8 nitrogen and oxygen atoms in total. The van der Waals surface area contributed by atoms with Gasteiger partial charge in [-0.25, -0.2) is 0 Å². The molecule has 22 heavy (non-hydrogen) atoms. The number of likely N-dealkylation sites (N-methyl/N-ethyl adjacent to an activating group) is 1. The molecule has 0 spiro atoms. The predicted octanol–water partition coefficient (Wildman–Crippen LogP) is 0.347. The molecule has 0 aliphatic carbocycles. The van der Waals surface area contributed by atoms with Crippen molar-refractivity contribution in [3.8, 4) is 0 Å². The topological polar surface area (TPSA) is 94.5 Å². The summed E-state index contributed by atoms with van der Waals surface area (Å²) < 4.78 is 21.7. The van der Waals surface area contributed by atoms with Crippen molar-refractivity contribution in [2.75, 3.05) is 35.0 Å². The second-order valence-electron chi connectivity index (χ2n) is 4.97. The van der Waals surface area contributed by atoms with Crippen LogP contribution in [0.1, 0.15) is 20.3 Å². The Balaban J connectivity index is 0.000000980. The van der Waals surface area contributed by atoms with E-state index in [1.165, 1.54) is 6.92 Å². The van der Waals surface area contributed by atoms with E-state index in [1.54, 1.807) is 33.3 Å². The van der Waals surface area contributed by atoms with Gasteiger partial charge in [0.15, 0.2) is 6.29 Å². The zero-order valence-electron chi connectivity index (χ0n) is 14.1. The zero-order valence-corrected chi connectivity index (χ0v) is 14.1. The molecule has 8 heteroatoms. The van der Waals surface area contributed by atoms with Crippen molar-refractivity contribution in [3.63, 3.8) is 0 Å². The van der Waals surface area contributed by atoms with E-state index in [0.29, 0.717) is 13.0 Å². The van der Waals surface area contributed by atoms with Crippen LogP contribution in [0, 0.1) is 0 Å². The molecule has 0 aromatic heterocycles. The van der Waals surface area contributed by atoms with Crippen LogP contribution in [0.4, 0.5) is 0 Å². The number of hydrogen-bond donors (Lipinski definition) is 1. The molecule has 1 aliphatic heterocycles. The Morgan fingerprint density at radius 2 is 1.77 bits per heavy atom. The van der Waals surface area contributed by atoms with Gasteiger partial charge in [-0.05, 0) is 0 Å². The molecule has 1 amide bonds. The average Bonchev–Trinajstić information content (AvgIpc) is 2.45. The van der Waals surface area contributed by atoms with Crippen LogP contribution in [-0.2, 0) is 28.5 Å². The maximum atomic E-state index is 11.5. The first-order valence-corrected chi connectivity index (χ1v) is 6.91. The molecular formula is C14H27NO7. The van der Waals surface area contributed by atoms with Crippen LogP contribution in [0.3, 0.4) is 0 Å². The van der Waals surface area contributed by atoms with E-state index in [2.05, 4.69) is 0 Å². The fraction of sp³-hybridized carbons (Fsp3) is 0.857. The summed E-state index contributed by atoms with van der Waals surface area (Å²) in [6.07, 6.45) is -0.0380. The van der Waals surface area contributed by atoms with Gasteiger partial charge in [-0.2, -0.15) is 0 Å². The van der Waals surface area contributed by atoms with Crippen LogP contribution in [0.5, 0.6) is 0 Å². The third kappa shape index (κ3) is 6.69. The van der Waals surface area contributed by atoms with Gasteiger partial charge in [0.2, 0.25) is 5.91 Å². The summed E-state index contributed by atoms with van der Waals surface area (Å²) in [4.78, 5) is 22.1. The van der Waals surface area contributed by atoms with E-state index >= 15 is 0 Å². The molecular weight excluding hydrogens is 294 g/mol. The Morgan fingerprint density at radius 1 is 1.23 bits per heavy atom. The number of carboxylic acid groups (broad SMARTS) is 1. The zero-order chi connectivity index (χ0) is 17.3. The number of carbonyl (C=O) groups is 2. The van der Waals surface area contributed by atoms with Gasteiger partial charge in [-0.1, -0.05) is 0 Å². The lowest BCUT2D eigenvalue weighted by atomic mass is 9.98. The molecule has 1 saturated heterocycles. The third-order valence-corrected chi connectivity index (χ3v) is 3.31. The van der Waals surface area contributed by atoms with Gasteiger partial charge < -0.3 is 29.0 Å². The van der Waals surface area contributed by atoms with Crippen LogP contribution in [-0.4, -0.2) is 81.4 Å². The Hall–Kier alpha value is -1.22. The van der Waals surface area contributed by atoms with Gasteiger partial charge in [0.1, 0.15) is 6.04 Å². The lowest BCUT2D eigenvalue weighted by molar-refractivity contribution is -0.248. The van der Waals surface area contributed by atoms with Gasteiger partial charge >= 0.3 is 0 Å². The Labute approximate surface area is 131 Å². The second kappa shape index (κ2) is 10.5. The van der Waals surface area contributed by atoms with Crippen molar-refractivity contribution in [2.45, 2.75) is 44.8 Å². The molecule has 4 atom stereocenters. The quantitative estimate of drug-likeness (QED) is 0.780. The summed E-state index contributed by atoms with van der Waals surface area (Å²) >= 11 is 0. The number of hydrogen-bond acceptors (Lipinski definition) is 6. The van der Waals surface area contributed by atoms with E-state index in [0.717, 1.165) is 6.92 Å². The number of rotatable bonds is 5. The molecule has 130 valence electrons. The highest BCUT2D eigenvalue weighted by Crippen LogP contribution is 2.26. The predicted molar refractivity (Wildman–Crippen MR) is 78.5 cm³/mol. The number of amides is 1. The summed E-state index contributed by atoms with van der Waals surface area (Å²) in [6, 6.07) is -0.245. The highest BCUT2D eigenvalue weighted by atomic mass is 16.7. The Morgan fingerprint density at radius 3 is 2.14 bits per heavy atom. The number of methoxy groups -OCH3 is 3. The molecule has 1 heterocycles. The molecule has 1 rings (SSSR count). The first-order valence-electron chi connectivity index (χ1n) is 6.91. The second-order valence-corrected chi connectivity index (χ2v) is 4.97. The first kappa shape index (κ1) is 20.8. The molecule has 0 aromatic rings. The SMILES string of the molecule is CC(=O)O.COCC1CC(OC)C(N(C)C(C)=O)C(OC)O1. The molecule has 1 aliphatic rings. The summed E-state index contributed by atoms with van der Waals surface area (Å²) in [7, 11) is 6.55. The number of carbonyl (C=O) groups excluding carboxylic acids is 1. The van der Waals surface area contributed by atoms with Crippen molar-refractivity contribution in [3.05, 3.63) is 0 Å². The standard InChI is InChI=1S/C12H23NO5.C2H4O2/c1-8(14)13(2)11-10(16-4)6-9(7-15-3)18-12(11)17-5;1-2(3)4/h9-12H,6-7H2,1-5H3;1H3,(H,3,4). The largest absolute Gasteiger partial charge is 0.481 e. The smallest absolute Gasteiger partial charge is 0.300 e. The normalized spacial score (nSPS) is 27.5. The number of carboxylic acids is 1.